The van der Waals surface area contributed by atoms with Gasteiger partial charge in [-0.15, -0.1) is 11.8 Å². The minimum Gasteiger partial charge on any atom is -0.480 e. The molecular formula is C24H24ClN5O10S2. The maximum absolute atomic E-state index is 11.9. The number of aromatic nitrogens is 4. The number of hydrogen-bond donors (Lipinski definition) is 4. The molecule has 0 atom stereocenters. The zero-order chi connectivity index (χ0) is 31.9. The predicted octanol–water partition coefficient (Wildman–Crippen LogP) is 1.31. The zero-order valence-electron chi connectivity index (χ0n) is 22.1. The molecule has 0 aliphatic carbocycles. The molecule has 15 nitrogen and oxygen atoms in total. The van der Waals surface area contributed by atoms with E-state index in [9.17, 15) is 32.4 Å². The highest BCUT2D eigenvalue weighted by atomic mass is 35.5. The first-order chi connectivity index (χ1) is 19.5. The van der Waals surface area contributed by atoms with Crippen LogP contribution in [0.15, 0.2) is 68.2 Å². The molecule has 0 fully saturated rings. The van der Waals surface area contributed by atoms with Gasteiger partial charge in [0.25, 0.3) is 5.56 Å². The lowest BCUT2D eigenvalue weighted by Crippen LogP contribution is -2.37. The molecule has 0 saturated heterocycles. The fourth-order valence-corrected chi connectivity index (χ4v) is 4.40. The molecule has 0 unspecified atom stereocenters. The van der Waals surface area contributed by atoms with Crippen LogP contribution in [-0.4, -0.2) is 66.6 Å². The van der Waals surface area contributed by atoms with Gasteiger partial charge in [-0.05, 0) is 48.7 Å². The van der Waals surface area contributed by atoms with Crippen molar-refractivity contribution in [2.45, 2.75) is 16.3 Å². The van der Waals surface area contributed by atoms with Crippen LogP contribution in [0.25, 0.3) is 11.2 Å². The highest BCUT2D eigenvalue weighted by Crippen LogP contribution is 2.22. The van der Waals surface area contributed by atoms with E-state index in [-0.39, 0.29) is 38.8 Å². The van der Waals surface area contributed by atoms with Crippen molar-refractivity contribution in [2.75, 3.05) is 6.26 Å². The van der Waals surface area contributed by atoms with Crippen molar-refractivity contribution in [1.29, 1.82) is 0 Å². The third kappa shape index (κ3) is 8.29. The number of carboxylic acid groups (broad SMARTS) is 3. The number of sulfonamides is 1. The Kier molecular flexibility index (Phi) is 11.2. The second-order valence-electron chi connectivity index (χ2n) is 8.17. The summed E-state index contributed by atoms with van der Waals surface area (Å²) in [4.78, 5) is 59.7. The summed E-state index contributed by atoms with van der Waals surface area (Å²) in [6, 6.07) is 9.62. The molecule has 224 valence electrons. The van der Waals surface area contributed by atoms with Gasteiger partial charge in [-0.1, -0.05) is 11.6 Å². The first kappa shape index (κ1) is 33.8. The van der Waals surface area contributed by atoms with E-state index in [1.165, 1.54) is 53.5 Å². The van der Waals surface area contributed by atoms with Crippen LogP contribution < -0.4 is 16.4 Å². The molecule has 5 N–H and O–H groups in total. The van der Waals surface area contributed by atoms with Crippen LogP contribution in [0.3, 0.4) is 0 Å². The van der Waals surface area contributed by atoms with Gasteiger partial charge < -0.3 is 19.9 Å². The zero-order valence-corrected chi connectivity index (χ0v) is 24.5. The molecule has 2 aromatic carbocycles. The molecule has 0 aliphatic heterocycles. The highest BCUT2D eigenvalue weighted by molar-refractivity contribution is 7.98. The maximum Gasteiger partial charge on any atom is 0.337 e. The van der Waals surface area contributed by atoms with Crippen molar-refractivity contribution < 1.29 is 38.1 Å². The van der Waals surface area contributed by atoms with Crippen molar-refractivity contribution in [3.05, 3.63) is 85.8 Å². The standard InChI is InChI=1S/C9H10N4O4.C8H7ClO2S.C7H7NO4S/c1-11-7-6(8(16)12(2)9(11)17)13(4-10-7)3-5(14)15;1-12-5-2-3-7(9)6(4-5)8(10)11;8-13(11,12)6-3-1-5(2-4-6)7(9)10/h4H,3H2,1-2H3,(H,14,15);2-4H,1H3,(H,10,11);1-4H,(H,9,10)(H2,8,11,12). The lowest BCUT2D eigenvalue weighted by molar-refractivity contribution is -0.137. The van der Waals surface area contributed by atoms with E-state index in [4.69, 9.17) is 32.1 Å². The normalized spacial score (nSPS) is 10.7. The van der Waals surface area contributed by atoms with Gasteiger partial charge in [0.1, 0.15) is 6.54 Å². The van der Waals surface area contributed by atoms with E-state index in [0.29, 0.717) is 0 Å². The molecule has 2 heterocycles. The second-order valence-corrected chi connectivity index (χ2v) is 11.0. The number of imidazole rings is 1. The number of rotatable bonds is 6. The number of nitrogens with two attached hydrogens (primary N) is 1. The fraction of sp³-hybridized carbons (Fsp3) is 0.167. The summed E-state index contributed by atoms with van der Waals surface area (Å²) in [5.74, 6) is -3.18. The first-order valence-corrected chi connectivity index (χ1v) is 14.4. The fourth-order valence-electron chi connectivity index (χ4n) is 3.25. The molecule has 4 aromatic rings. The van der Waals surface area contributed by atoms with Crippen LogP contribution in [0.2, 0.25) is 5.02 Å². The Morgan fingerprint density at radius 2 is 1.57 bits per heavy atom. The number of thioether (sulfide) groups is 1. The SMILES string of the molecule is CSc1ccc(Cl)c(C(=O)O)c1.Cn1c(=O)c2c(ncn2CC(=O)O)n(C)c1=O.NS(=O)(=O)c1ccc(C(=O)O)cc1. The Morgan fingerprint density at radius 1 is 0.976 bits per heavy atom. The van der Waals surface area contributed by atoms with Gasteiger partial charge in [0.15, 0.2) is 11.2 Å². The lowest BCUT2D eigenvalue weighted by atomic mass is 10.2. The Bertz CT molecular complexity index is 1880. The van der Waals surface area contributed by atoms with Crippen LogP contribution >= 0.6 is 23.4 Å². The Hall–Kier alpha value is -4.45. The first-order valence-electron chi connectivity index (χ1n) is 11.2. The quantitative estimate of drug-likeness (QED) is 0.218. The molecular weight excluding hydrogens is 618 g/mol. The number of aliphatic carboxylic acids is 1. The maximum atomic E-state index is 11.9. The van der Waals surface area contributed by atoms with Gasteiger partial charge >= 0.3 is 23.6 Å². The lowest BCUT2D eigenvalue weighted by Gasteiger charge is -2.04. The summed E-state index contributed by atoms with van der Waals surface area (Å²) in [7, 11) is -0.928. The van der Waals surface area contributed by atoms with Gasteiger partial charge in [-0.3, -0.25) is 18.7 Å². The molecule has 42 heavy (non-hydrogen) atoms. The molecule has 0 bridgehead atoms. The number of nitrogens with zero attached hydrogens (tertiary/aromatic N) is 4. The predicted molar refractivity (Wildman–Crippen MR) is 153 cm³/mol. The number of hydrogen-bond acceptors (Lipinski definition) is 9. The Labute approximate surface area is 246 Å². The van der Waals surface area contributed by atoms with E-state index in [0.717, 1.165) is 21.6 Å². The van der Waals surface area contributed by atoms with Crippen molar-refractivity contribution in [3.8, 4) is 0 Å². The molecule has 0 saturated carbocycles. The topological polar surface area (TPSA) is 234 Å². The van der Waals surface area contributed by atoms with Gasteiger partial charge in [-0.2, -0.15) is 0 Å². The molecule has 18 heteroatoms. The summed E-state index contributed by atoms with van der Waals surface area (Å²) < 4.78 is 24.8. The smallest absolute Gasteiger partial charge is 0.337 e. The summed E-state index contributed by atoms with van der Waals surface area (Å²) in [6.07, 6.45) is 3.12. The Morgan fingerprint density at radius 3 is 2.05 bits per heavy atom. The van der Waals surface area contributed by atoms with Crippen LogP contribution in [0.5, 0.6) is 0 Å². The molecule has 4 rings (SSSR count). The summed E-state index contributed by atoms with van der Waals surface area (Å²) in [5.41, 5.74) is -0.586. The van der Waals surface area contributed by atoms with Crippen LogP contribution in [0.4, 0.5) is 0 Å². The number of benzene rings is 2. The average Bonchev–Trinajstić information content (AvgIpc) is 3.34. The number of aryl methyl sites for hydroxylation is 1. The molecule has 2 aromatic heterocycles. The number of primary sulfonamides is 1. The highest BCUT2D eigenvalue weighted by Gasteiger charge is 2.15. The van der Waals surface area contributed by atoms with Crippen molar-refractivity contribution >= 4 is 62.5 Å². The third-order valence-corrected chi connectivity index (χ3v) is 7.34. The van der Waals surface area contributed by atoms with Gasteiger partial charge in [0, 0.05) is 19.0 Å². The number of carbonyl (C=O) groups is 3. The number of fused-ring (bicyclic) bond motifs is 1. The van der Waals surface area contributed by atoms with Crippen molar-refractivity contribution in [2.24, 2.45) is 19.2 Å². The summed E-state index contributed by atoms with van der Waals surface area (Å²) in [5, 5.41) is 31.0. The third-order valence-electron chi connectivity index (χ3n) is 5.36. The molecule has 0 aliphatic rings. The van der Waals surface area contributed by atoms with Gasteiger partial charge in [0.2, 0.25) is 10.0 Å². The second kappa shape index (κ2) is 13.9. The monoisotopic (exact) mass is 641 g/mol. The van der Waals surface area contributed by atoms with E-state index >= 15 is 0 Å². The van der Waals surface area contributed by atoms with E-state index in [1.807, 2.05) is 6.26 Å². The summed E-state index contributed by atoms with van der Waals surface area (Å²) in [6.45, 7) is -0.371. The minimum atomic E-state index is -3.74. The Balaban J connectivity index is 0.000000225. The molecule has 0 radical (unpaired) electrons. The van der Waals surface area contributed by atoms with Crippen molar-refractivity contribution in [1.82, 2.24) is 18.7 Å². The van der Waals surface area contributed by atoms with E-state index in [2.05, 4.69) is 4.98 Å². The van der Waals surface area contributed by atoms with Crippen LogP contribution in [0.1, 0.15) is 20.7 Å². The van der Waals surface area contributed by atoms with E-state index < -0.39 is 39.2 Å². The molecule has 0 spiro atoms. The largest absolute Gasteiger partial charge is 0.480 e. The molecule has 0 amide bonds. The number of aromatic carboxylic acids is 2. The minimum absolute atomic E-state index is 0.0207. The van der Waals surface area contributed by atoms with E-state index in [1.54, 1.807) is 18.2 Å². The van der Waals surface area contributed by atoms with Gasteiger partial charge in [0.05, 0.1) is 27.4 Å². The van der Waals surface area contributed by atoms with Crippen LogP contribution in [-0.2, 0) is 35.5 Å². The van der Waals surface area contributed by atoms with Gasteiger partial charge in [-0.25, -0.2) is 32.9 Å². The van der Waals surface area contributed by atoms with Crippen molar-refractivity contribution in [3.63, 3.8) is 0 Å². The average molecular weight is 642 g/mol. The number of halogens is 1. The van der Waals surface area contributed by atoms with Crippen LogP contribution in [0, 0.1) is 0 Å². The number of carboxylic acids is 3. The summed E-state index contributed by atoms with van der Waals surface area (Å²) >= 11 is 7.15.